The van der Waals surface area contributed by atoms with Crippen molar-refractivity contribution in [2.45, 2.75) is 24.3 Å². The fourth-order valence-electron chi connectivity index (χ4n) is 2.66. The molecule has 0 spiro atoms. The third kappa shape index (κ3) is 2.62. The second kappa shape index (κ2) is 5.74. The Kier molecular flexibility index (Phi) is 3.93. The summed E-state index contributed by atoms with van der Waals surface area (Å²) in [4.78, 5) is 0.358. The van der Waals surface area contributed by atoms with Gasteiger partial charge in [-0.1, -0.05) is 29.8 Å². The Hall–Kier alpha value is -1.85. The van der Waals surface area contributed by atoms with Crippen LogP contribution in [0.15, 0.2) is 53.4 Å². The van der Waals surface area contributed by atoms with Crippen LogP contribution >= 0.6 is 0 Å². The SMILES string of the molecule is COc1ccc(C2CCN2S(=O)(=O)c2ccc(C)cc2)cc1. The van der Waals surface area contributed by atoms with Crippen LogP contribution in [0.2, 0.25) is 0 Å². The van der Waals surface area contributed by atoms with Gasteiger partial charge in [-0.25, -0.2) is 8.42 Å². The van der Waals surface area contributed by atoms with Gasteiger partial charge in [-0.3, -0.25) is 0 Å². The number of sulfonamides is 1. The van der Waals surface area contributed by atoms with E-state index in [1.807, 2.05) is 43.3 Å². The monoisotopic (exact) mass is 317 g/mol. The van der Waals surface area contributed by atoms with Gasteiger partial charge in [-0.15, -0.1) is 0 Å². The first-order valence-electron chi connectivity index (χ1n) is 7.25. The van der Waals surface area contributed by atoms with Gasteiger partial charge in [0.15, 0.2) is 0 Å². The Morgan fingerprint density at radius 2 is 1.68 bits per heavy atom. The lowest BCUT2D eigenvalue weighted by atomic mass is 9.98. The normalized spacial score (nSPS) is 18.7. The smallest absolute Gasteiger partial charge is 0.243 e. The topological polar surface area (TPSA) is 46.6 Å². The van der Waals surface area contributed by atoms with Crippen molar-refractivity contribution in [3.8, 4) is 5.75 Å². The van der Waals surface area contributed by atoms with Crippen molar-refractivity contribution < 1.29 is 13.2 Å². The molecule has 3 rings (SSSR count). The summed E-state index contributed by atoms with van der Waals surface area (Å²) in [6.07, 6.45) is 0.845. The molecule has 4 nitrogen and oxygen atoms in total. The van der Waals surface area contributed by atoms with Crippen LogP contribution < -0.4 is 4.74 Å². The van der Waals surface area contributed by atoms with Crippen molar-refractivity contribution in [2.75, 3.05) is 13.7 Å². The highest BCUT2D eigenvalue weighted by Crippen LogP contribution is 2.38. The molecule has 1 fully saturated rings. The summed E-state index contributed by atoms with van der Waals surface area (Å²) in [6, 6.07) is 14.5. The van der Waals surface area contributed by atoms with Gasteiger partial charge in [0.25, 0.3) is 0 Å². The molecule has 0 saturated carbocycles. The molecule has 1 heterocycles. The van der Waals surface area contributed by atoms with E-state index < -0.39 is 10.0 Å². The first-order chi connectivity index (χ1) is 10.5. The molecule has 0 aliphatic carbocycles. The molecule has 0 radical (unpaired) electrons. The number of rotatable bonds is 4. The fourth-order valence-corrected chi connectivity index (χ4v) is 4.31. The Morgan fingerprint density at radius 1 is 1.05 bits per heavy atom. The number of nitrogens with zero attached hydrogens (tertiary/aromatic N) is 1. The highest BCUT2D eigenvalue weighted by atomic mass is 32.2. The summed E-state index contributed by atoms with van der Waals surface area (Å²) in [5.41, 5.74) is 2.05. The first-order valence-corrected chi connectivity index (χ1v) is 8.69. The molecule has 2 aromatic carbocycles. The van der Waals surface area contributed by atoms with Gasteiger partial charge in [0.05, 0.1) is 18.0 Å². The van der Waals surface area contributed by atoms with E-state index >= 15 is 0 Å². The highest BCUT2D eigenvalue weighted by molar-refractivity contribution is 7.89. The van der Waals surface area contributed by atoms with Crippen LogP contribution in [-0.4, -0.2) is 26.4 Å². The van der Waals surface area contributed by atoms with Gasteiger partial charge in [-0.05, 0) is 43.2 Å². The van der Waals surface area contributed by atoms with E-state index in [0.717, 1.165) is 23.3 Å². The maximum absolute atomic E-state index is 12.7. The maximum Gasteiger partial charge on any atom is 0.243 e. The Labute approximate surface area is 131 Å². The average molecular weight is 317 g/mol. The largest absolute Gasteiger partial charge is 0.497 e. The number of methoxy groups -OCH3 is 1. The van der Waals surface area contributed by atoms with E-state index in [4.69, 9.17) is 4.74 Å². The molecule has 22 heavy (non-hydrogen) atoms. The van der Waals surface area contributed by atoms with Gasteiger partial charge in [0.2, 0.25) is 10.0 Å². The van der Waals surface area contributed by atoms with E-state index in [2.05, 4.69) is 0 Å². The fraction of sp³-hybridized carbons (Fsp3) is 0.294. The second-order valence-corrected chi connectivity index (χ2v) is 7.40. The number of benzene rings is 2. The summed E-state index contributed by atoms with van der Waals surface area (Å²) in [6.45, 7) is 2.51. The first kappa shape index (κ1) is 15.1. The lowest BCUT2D eigenvalue weighted by Gasteiger charge is -2.40. The summed E-state index contributed by atoms with van der Waals surface area (Å²) in [5.74, 6) is 0.774. The van der Waals surface area contributed by atoms with Crippen LogP contribution in [0, 0.1) is 6.92 Å². The molecule has 1 saturated heterocycles. The molecule has 0 bridgehead atoms. The Morgan fingerprint density at radius 3 is 2.18 bits per heavy atom. The van der Waals surface area contributed by atoms with Crippen molar-refractivity contribution in [3.05, 3.63) is 59.7 Å². The molecular weight excluding hydrogens is 298 g/mol. The van der Waals surface area contributed by atoms with Gasteiger partial charge >= 0.3 is 0 Å². The third-order valence-corrected chi connectivity index (χ3v) is 6.02. The molecule has 1 aliphatic rings. The van der Waals surface area contributed by atoms with Crippen LogP contribution in [0.1, 0.15) is 23.6 Å². The zero-order valence-corrected chi connectivity index (χ0v) is 13.5. The molecular formula is C17H19NO3S. The molecule has 1 atom stereocenters. The minimum Gasteiger partial charge on any atom is -0.497 e. The average Bonchev–Trinajstić information content (AvgIpc) is 2.47. The number of hydrogen-bond donors (Lipinski definition) is 0. The number of aryl methyl sites for hydroxylation is 1. The van der Waals surface area contributed by atoms with Crippen molar-refractivity contribution in [1.82, 2.24) is 4.31 Å². The quantitative estimate of drug-likeness (QED) is 0.870. The van der Waals surface area contributed by atoms with Crippen molar-refractivity contribution in [1.29, 1.82) is 0 Å². The van der Waals surface area contributed by atoms with Crippen LogP contribution in [-0.2, 0) is 10.0 Å². The third-order valence-electron chi connectivity index (χ3n) is 4.10. The summed E-state index contributed by atoms with van der Waals surface area (Å²) < 4.78 is 32.2. The molecule has 116 valence electrons. The predicted molar refractivity (Wildman–Crippen MR) is 85.4 cm³/mol. The van der Waals surface area contributed by atoms with Crippen molar-refractivity contribution in [3.63, 3.8) is 0 Å². The maximum atomic E-state index is 12.7. The molecule has 0 aromatic heterocycles. The van der Waals surface area contributed by atoms with E-state index in [1.54, 1.807) is 23.5 Å². The lowest BCUT2D eigenvalue weighted by molar-refractivity contribution is 0.202. The van der Waals surface area contributed by atoms with Gasteiger partial charge in [-0.2, -0.15) is 4.31 Å². The van der Waals surface area contributed by atoms with Gasteiger partial charge in [0, 0.05) is 6.54 Å². The summed E-state index contributed by atoms with van der Waals surface area (Å²) in [7, 11) is -1.81. The van der Waals surface area contributed by atoms with Crippen molar-refractivity contribution in [2.24, 2.45) is 0 Å². The van der Waals surface area contributed by atoms with E-state index in [1.165, 1.54) is 0 Å². The predicted octanol–water partition coefficient (Wildman–Crippen LogP) is 3.14. The van der Waals surface area contributed by atoms with Crippen LogP contribution in [0.25, 0.3) is 0 Å². The van der Waals surface area contributed by atoms with E-state index in [9.17, 15) is 8.42 Å². The highest BCUT2D eigenvalue weighted by Gasteiger charge is 2.39. The molecule has 1 unspecified atom stereocenters. The Bertz CT molecular complexity index is 751. The van der Waals surface area contributed by atoms with Crippen LogP contribution in [0.4, 0.5) is 0 Å². The Balaban J connectivity index is 1.86. The second-order valence-electron chi connectivity index (χ2n) is 5.51. The lowest BCUT2D eigenvalue weighted by Crippen LogP contribution is -2.44. The van der Waals surface area contributed by atoms with Crippen LogP contribution in [0.3, 0.4) is 0 Å². The summed E-state index contributed by atoms with van der Waals surface area (Å²) >= 11 is 0. The molecule has 0 amide bonds. The van der Waals surface area contributed by atoms with Gasteiger partial charge in [0.1, 0.15) is 5.75 Å². The minimum absolute atomic E-state index is 0.0859. The summed E-state index contributed by atoms with van der Waals surface area (Å²) in [5, 5.41) is 0. The van der Waals surface area contributed by atoms with E-state index in [-0.39, 0.29) is 6.04 Å². The van der Waals surface area contributed by atoms with Gasteiger partial charge < -0.3 is 4.74 Å². The zero-order chi connectivity index (χ0) is 15.7. The molecule has 1 aliphatic heterocycles. The molecule has 5 heteroatoms. The molecule has 2 aromatic rings. The molecule has 0 N–H and O–H groups in total. The van der Waals surface area contributed by atoms with Crippen LogP contribution in [0.5, 0.6) is 5.75 Å². The van der Waals surface area contributed by atoms with Crippen molar-refractivity contribution >= 4 is 10.0 Å². The zero-order valence-electron chi connectivity index (χ0n) is 12.7. The number of hydrogen-bond acceptors (Lipinski definition) is 3. The van der Waals surface area contributed by atoms with E-state index in [0.29, 0.717) is 11.4 Å². The standard InChI is InChI=1S/C17H19NO3S/c1-13-3-9-16(10-4-13)22(19,20)18-12-11-17(18)14-5-7-15(21-2)8-6-14/h3-10,17H,11-12H2,1-2H3. The minimum atomic E-state index is -3.43. The number of ether oxygens (including phenoxy) is 1.